The van der Waals surface area contributed by atoms with Crippen LogP contribution < -0.4 is 10.2 Å². The van der Waals surface area contributed by atoms with E-state index in [9.17, 15) is 13.2 Å². The van der Waals surface area contributed by atoms with Crippen molar-refractivity contribution >= 4 is 15.9 Å². The summed E-state index contributed by atoms with van der Waals surface area (Å²) in [6.45, 7) is 3.39. The van der Waals surface area contributed by atoms with Crippen molar-refractivity contribution in [3.05, 3.63) is 67.3 Å². The van der Waals surface area contributed by atoms with E-state index in [4.69, 9.17) is 9.94 Å². The standard InChI is InChI=1S/C21H24N4O5S/c1-15(2)20(21(26)23-27)24(3)31(28,29)19-10-8-18(9-11-19)30-17-6-4-16(5-7-17)25-13-12-22-14-25/h4-15,20,27H,1-3H3,(H,23,26). The highest BCUT2D eigenvalue weighted by molar-refractivity contribution is 7.89. The Balaban J connectivity index is 1.75. The number of amides is 1. The summed E-state index contributed by atoms with van der Waals surface area (Å²) in [5, 5.41) is 8.94. The molecule has 3 rings (SSSR count). The molecule has 0 fully saturated rings. The van der Waals surface area contributed by atoms with Gasteiger partial charge in [0.15, 0.2) is 0 Å². The maximum absolute atomic E-state index is 12.9. The number of rotatable bonds is 8. The molecule has 3 aromatic rings. The van der Waals surface area contributed by atoms with Gasteiger partial charge in [0.1, 0.15) is 17.5 Å². The highest BCUT2D eigenvalue weighted by Gasteiger charge is 2.35. The number of carbonyl (C=O) groups excluding carboxylic acids is 1. The summed E-state index contributed by atoms with van der Waals surface area (Å²) >= 11 is 0. The molecule has 1 unspecified atom stereocenters. The Kier molecular flexibility index (Phi) is 6.74. The van der Waals surface area contributed by atoms with Crippen LogP contribution in [0.1, 0.15) is 13.8 Å². The second-order valence-corrected chi connectivity index (χ2v) is 9.22. The van der Waals surface area contributed by atoms with Crippen LogP contribution in [0.3, 0.4) is 0 Å². The second kappa shape index (κ2) is 9.29. The maximum Gasteiger partial charge on any atom is 0.262 e. The van der Waals surface area contributed by atoms with Crippen molar-refractivity contribution in [3.63, 3.8) is 0 Å². The van der Waals surface area contributed by atoms with E-state index in [1.165, 1.54) is 24.7 Å². The molecule has 31 heavy (non-hydrogen) atoms. The molecule has 164 valence electrons. The minimum Gasteiger partial charge on any atom is -0.457 e. The zero-order chi connectivity index (χ0) is 22.6. The fraction of sp³-hybridized carbons (Fsp3) is 0.238. The molecule has 0 bridgehead atoms. The van der Waals surface area contributed by atoms with Crippen LogP contribution in [0.2, 0.25) is 0 Å². The van der Waals surface area contributed by atoms with Crippen molar-refractivity contribution in [3.8, 4) is 17.2 Å². The predicted molar refractivity (Wildman–Crippen MR) is 114 cm³/mol. The summed E-state index contributed by atoms with van der Waals surface area (Å²) in [4.78, 5) is 16.0. The molecule has 1 amide bonds. The van der Waals surface area contributed by atoms with Crippen LogP contribution in [-0.4, -0.2) is 46.5 Å². The molecule has 0 spiro atoms. The molecule has 1 atom stereocenters. The van der Waals surface area contributed by atoms with E-state index in [-0.39, 0.29) is 10.8 Å². The molecule has 1 aromatic heterocycles. The Labute approximate surface area is 180 Å². The zero-order valence-electron chi connectivity index (χ0n) is 17.3. The average Bonchev–Trinajstić information content (AvgIpc) is 3.29. The van der Waals surface area contributed by atoms with Crippen LogP contribution in [0.5, 0.6) is 11.5 Å². The maximum atomic E-state index is 12.9. The van der Waals surface area contributed by atoms with Gasteiger partial charge in [0.05, 0.1) is 11.2 Å². The lowest BCUT2D eigenvalue weighted by atomic mass is 10.0. The first kappa shape index (κ1) is 22.5. The summed E-state index contributed by atoms with van der Waals surface area (Å²) < 4.78 is 34.5. The Hall–Kier alpha value is -3.21. The lowest BCUT2D eigenvalue weighted by molar-refractivity contribution is -0.134. The lowest BCUT2D eigenvalue weighted by Gasteiger charge is -2.28. The first-order chi connectivity index (χ1) is 14.7. The van der Waals surface area contributed by atoms with E-state index in [0.29, 0.717) is 11.5 Å². The van der Waals surface area contributed by atoms with E-state index >= 15 is 0 Å². The van der Waals surface area contributed by atoms with Gasteiger partial charge in [-0.15, -0.1) is 0 Å². The number of hydrogen-bond donors (Lipinski definition) is 2. The molecule has 0 aliphatic rings. The van der Waals surface area contributed by atoms with Crippen LogP contribution >= 0.6 is 0 Å². The molecule has 0 saturated heterocycles. The van der Waals surface area contributed by atoms with Gasteiger partial charge in [-0.2, -0.15) is 4.31 Å². The minimum atomic E-state index is -3.96. The summed E-state index contributed by atoms with van der Waals surface area (Å²) in [6, 6.07) is 12.2. The normalized spacial score (nSPS) is 12.7. The Morgan fingerprint density at radius 3 is 2.16 bits per heavy atom. The van der Waals surface area contributed by atoms with Crippen LogP contribution in [0.25, 0.3) is 5.69 Å². The van der Waals surface area contributed by atoms with Gasteiger partial charge in [-0.25, -0.2) is 18.9 Å². The Morgan fingerprint density at radius 1 is 1.10 bits per heavy atom. The largest absolute Gasteiger partial charge is 0.457 e. The van der Waals surface area contributed by atoms with Gasteiger partial charge in [0.2, 0.25) is 10.0 Å². The van der Waals surface area contributed by atoms with Crippen molar-refractivity contribution < 1.29 is 23.2 Å². The van der Waals surface area contributed by atoms with Crippen molar-refractivity contribution in [2.45, 2.75) is 24.8 Å². The van der Waals surface area contributed by atoms with E-state index < -0.39 is 22.0 Å². The molecule has 2 aromatic carbocycles. The minimum absolute atomic E-state index is 0.00851. The van der Waals surface area contributed by atoms with Gasteiger partial charge in [0, 0.05) is 25.1 Å². The molecule has 0 aliphatic carbocycles. The van der Waals surface area contributed by atoms with Crippen LogP contribution in [0, 0.1) is 5.92 Å². The molecule has 9 nitrogen and oxygen atoms in total. The number of imidazole rings is 1. The number of nitrogens with one attached hydrogen (secondary N) is 1. The first-order valence-electron chi connectivity index (χ1n) is 9.52. The Morgan fingerprint density at radius 2 is 1.68 bits per heavy atom. The number of aromatic nitrogens is 2. The van der Waals surface area contributed by atoms with Gasteiger partial charge < -0.3 is 9.30 Å². The van der Waals surface area contributed by atoms with E-state index in [1.54, 1.807) is 50.6 Å². The molecule has 1 heterocycles. The molecule has 2 N–H and O–H groups in total. The molecule has 0 aliphatic heterocycles. The highest BCUT2D eigenvalue weighted by atomic mass is 32.2. The average molecular weight is 445 g/mol. The van der Waals surface area contributed by atoms with Gasteiger partial charge in [-0.3, -0.25) is 10.0 Å². The topological polar surface area (TPSA) is 114 Å². The molecular weight excluding hydrogens is 420 g/mol. The number of sulfonamides is 1. The van der Waals surface area contributed by atoms with Gasteiger partial charge in [-0.05, 0) is 54.4 Å². The Bertz CT molecular complexity index is 1110. The summed E-state index contributed by atoms with van der Waals surface area (Å²) in [6.07, 6.45) is 5.22. The fourth-order valence-electron chi connectivity index (χ4n) is 3.18. The summed E-state index contributed by atoms with van der Waals surface area (Å²) in [7, 11) is -2.65. The third kappa shape index (κ3) is 4.93. The highest BCUT2D eigenvalue weighted by Crippen LogP contribution is 2.26. The monoisotopic (exact) mass is 444 g/mol. The van der Waals surface area contributed by atoms with Crippen LogP contribution in [0.15, 0.2) is 72.1 Å². The summed E-state index contributed by atoms with van der Waals surface area (Å²) in [5.74, 6) is -0.0819. The lowest BCUT2D eigenvalue weighted by Crippen LogP contribution is -2.49. The van der Waals surface area contributed by atoms with Gasteiger partial charge in [0.25, 0.3) is 5.91 Å². The predicted octanol–water partition coefficient (Wildman–Crippen LogP) is 2.82. The van der Waals surface area contributed by atoms with Crippen molar-refractivity contribution in [1.29, 1.82) is 0 Å². The number of nitrogens with zero attached hydrogens (tertiary/aromatic N) is 3. The zero-order valence-corrected chi connectivity index (χ0v) is 18.2. The van der Waals surface area contributed by atoms with E-state index in [1.807, 2.05) is 22.9 Å². The van der Waals surface area contributed by atoms with Gasteiger partial charge in [-0.1, -0.05) is 13.8 Å². The smallest absolute Gasteiger partial charge is 0.262 e. The number of ether oxygens (including phenoxy) is 1. The first-order valence-corrected chi connectivity index (χ1v) is 11.0. The third-order valence-electron chi connectivity index (χ3n) is 4.78. The number of likely N-dealkylation sites (N-methyl/N-ethyl adjacent to an activating group) is 1. The number of benzene rings is 2. The van der Waals surface area contributed by atoms with Crippen molar-refractivity contribution in [1.82, 2.24) is 19.3 Å². The molecule has 0 saturated carbocycles. The molecular formula is C21H24N4O5S. The fourth-order valence-corrected chi connectivity index (χ4v) is 4.63. The molecule has 0 radical (unpaired) electrons. The SMILES string of the molecule is CC(C)C(C(=O)NO)N(C)S(=O)(=O)c1ccc(Oc2ccc(-n3ccnc3)cc2)cc1. The van der Waals surface area contributed by atoms with Crippen LogP contribution in [-0.2, 0) is 14.8 Å². The molecule has 10 heteroatoms. The van der Waals surface area contributed by atoms with Crippen LogP contribution in [0.4, 0.5) is 0 Å². The van der Waals surface area contributed by atoms with Crippen molar-refractivity contribution in [2.75, 3.05) is 7.05 Å². The quantitative estimate of drug-likeness (QED) is 0.408. The second-order valence-electron chi connectivity index (χ2n) is 7.22. The number of carbonyl (C=O) groups is 1. The van der Waals surface area contributed by atoms with E-state index in [2.05, 4.69) is 4.98 Å². The number of hydrogen-bond acceptors (Lipinski definition) is 6. The van der Waals surface area contributed by atoms with E-state index in [0.717, 1.165) is 9.99 Å². The summed E-state index contributed by atoms with van der Waals surface area (Å²) in [5.41, 5.74) is 2.46. The number of hydroxylamine groups is 1. The van der Waals surface area contributed by atoms with Gasteiger partial charge >= 0.3 is 0 Å². The third-order valence-corrected chi connectivity index (χ3v) is 6.63. The van der Waals surface area contributed by atoms with Crippen molar-refractivity contribution in [2.24, 2.45) is 5.92 Å².